The number of anilines is 1. The van der Waals surface area contributed by atoms with Crippen molar-refractivity contribution in [1.82, 2.24) is 5.32 Å². The second kappa shape index (κ2) is 9.61. The zero-order valence-corrected chi connectivity index (χ0v) is 18.2. The van der Waals surface area contributed by atoms with Crippen LogP contribution in [0.4, 0.5) is 5.69 Å². The number of carboxylic acid groups (broad SMARTS) is 1. The van der Waals surface area contributed by atoms with E-state index in [0.29, 0.717) is 28.8 Å². The van der Waals surface area contributed by atoms with Crippen molar-refractivity contribution in [3.8, 4) is 11.5 Å². The van der Waals surface area contributed by atoms with Crippen molar-refractivity contribution in [3.05, 3.63) is 87.9 Å². The van der Waals surface area contributed by atoms with Crippen LogP contribution in [0.3, 0.4) is 0 Å². The minimum Gasteiger partial charge on any atom is -0.478 e. The topological polar surface area (TPSA) is 105 Å². The molecule has 0 spiro atoms. The number of nitrogens with one attached hydrogen (secondary N) is 1. The van der Waals surface area contributed by atoms with Gasteiger partial charge in [-0.05, 0) is 72.4 Å². The minimum absolute atomic E-state index is 0.0838. The average Bonchev–Trinajstić information content (AvgIpc) is 2.76. The molecule has 0 amide bonds. The molecule has 166 valence electrons. The number of ether oxygens (including phenoxy) is 1. The molecule has 0 fully saturated rings. The number of carboxylic acids is 1. The molecule has 7 heteroatoms. The SMILES string of the molecule is Nc1cc(Oc2ccc3c(c2)C[C@@H](NC[C@H](O)c2cccc(Cl)c2)CC3)cc(C(=O)O)c1. The van der Waals surface area contributed by atoms with Crippen LogP contribution in [0.5, 0.6) is 11.5 Å². The van der Waals surface area contributed by atoms with Crippen molar-refractivity contribution in [1.29, 1.82) is 0 Å². The lowest BCUT2D eigenvalue weighted by molar-refractivity contribution is 0.0696. The Morgan fingerprint density at radius 1 is 1.12 bits per heavy atom. The molecule has 5 N–H and O–H groups in total. The molecule has 0 aromatic heterocycles. The molecular formula is C25H25ClN2O4. The van der Waals surface area contributed by atoms with Crippen molar-refractivity contribution in [2.45, 2.75) is 31.4 Å². The van der Waals surface area contributed by atoms with E-state index >= 15 is 0 Å². The smallest absolute Gasteiger partial charge is 0.335 e. The quantitative estimate of drug-likeness (QED) is 0.391. The van der Waals surface area contributed by atoms with Gasteiger partial charge in [0.1, 0.15) is 11.5 Å². The van der Waals surface area contributed by atoms with Gasteiger partial charge >= 0.3 is 5.97 Å². The summed E-state index contributed by atoms with van der Waals surface area (Å²) in [4.78, 5) is 11.3. The number of aromatic carboxylic acids is 1. The van der Waals surface area contributed by atoms with Crippen LogP contribution in [-0.4, -0.2) is 28.8 Å². The van der Waals surface area contributed by atoms with Crippen molar-refractivity contribution >= 4 is 23.3 Å². The van der Waals surface area contributed by atoms with Gasteiger partial charge in [0.15, 0.2) is 0 Å². The molecule has 0 saturated carbocycles. The Bertz CT molecular complexity index is 1130. The van der Waals surface area contributed by atoms with Gasteiger partial charge in [-0.15, -0.1) is 0 Å². The molecule has 0 unspecified atom stereocenters. The molecule has 1 aliphatic rings. The summed E-state index contributed by atoms with van der Waals surface area (Å²) < 4.78 is 5.90. The standard InChI is InChI=1S/C25H25ClN2O4/c26-19-3-1-2-16(8-19)24(29)14-28-21-6-4-15-5-7-22(11-17(15)10-21)32-23-12-18(25(30)31)9-20(27)13-23/h1-3,5,7-9,11-13,21,24,28-29H,4,6,10,14,27H2,(H,30,31)/t21-,24-/m0/s1. The van der Waals surface area contributed by atoms with Crippen LogP contribution in [0.15, 0.2) is 60.7 Å². The highest BCUT2D eigenvalue weighted by Crippen LogP contribution is 2.30. The van der Waals surface area contributed by atoms with Gasteiger partial charge in [0.25, 0.3) is 0 Å². The number of carbonyl (C=O) groups is 1. The van der Waals surface area contributed by atoms with E-state index in [4.69, 9.17) is 22.1 Å². The summed E-state index contributed by atoms with van der Waals surface area (Å²) in [6, 6.07) is 17.9. The van der Waals surface area contributed by atoms with E-state index in [1.807, 2.05) is 30.3 Å². The van der Waals surface area contributed by atoms with Crippen LogP contribution in [0.2, 0.25) is 5.02 Å². The van der Waals surface area contributed by atoms with Crippen molar-refractivity contribution in [3.63, 3.8) is 0 Å². The highest BCUT2D eigenvalue weighted by molar-refractivity contribution is 6.30. The van der Waals surface area contributed by atoms with Gasteiger partial charge in [0.2, 0.25) is 0 Å². The zero-order chi connectivity index (χ0) is 22.7. The van der Waals surface area contributed by atoms with Gasteiger partial charge in [-0.2, -0.15) is 0 Å². The molecule has 1 aliphatic carbocycles. The van der Waals surface area contributed by atoms with Crippen LogP contribution in [0.25, 0.3) is 0 Å². The number of hydrogen-bond acceptors (Lipinski definition) is 5. The number of aryl methyl sites for hydroxylation is 1. The lowest BCUT2D eigenvalue weighted by Gasteiger charge is -2.27. The third-order valence-corrected chi connectivity index (χ3v) is 5.89. The van der Waals surface area contributed by atoms with Gasteiger partial charge in [-0.1, -0.05) is 29.8 Å². The first-order valence-corrected chi connectivity index (χ1v) is 10.9. The summed E-state index contributed by atoms with van der Waals surface area (Å²) in [6.45, 7) is 0.442. The predicted molar refractivity (Wildman–Crippen MR) is 125 cm³/mol. The Balaban J connectivity index is 1.41. The number of benzene rings is 3. The summed E-state index contributed by atoms with van der Waals surface area (Å²) in [5.74, 6) is -0.0377. The number of aliphatic hydroxyl groups excluding tert-OH is 1. The number of halogens is 1. The van der Waals surface area contributed by atoms with Crippen LogP contribution in [-0.2, 0) is 12.8 Å². The third kappa shape index (κ3) is 5.40. The number of nitrogen functional groups attached to an aromatic ring is 1. The summed E-state index contributed by atoms with van der Waals surface area (Å²) in [5, 5.41) is 23.8. The summed E-state index contributed by atoms with van der Waals surface area (Å²) in [5.41, 5.74) is 9.46. The van der Waals surface area contributed by atoms with E-state index in [9.17, 15) is 15.0 Å². The van der Waals surface area contributed by atoms with E-state index in [-0.39, 0.29) is 11.6 Å². The fraction of sp³-hybridized carbons (Fsp3) is 0.240. The molecule has 4 rings (SSSR count). The Labute approximate surface area is 191 Å². The van der Waals surface area contributed by atoms with Crippen molar-refractivity contribution in [2.24, 2.45) is 0 Å². The van der Waals surface area contributed by atoms with Crippen molar-refractivity contribution < 1.29 is 19.7 Å². The number of aliphatic hydroxyl groups is 1. The molecule has 3 aromatic rings. The third-order valence-electron chi connectivity index (χ3n) is 5.65. The average molecular weight is 453 g/mol. The maximum Gasteiger partial charge on any atom is 0.335 e. The molecule has 0 bridgehead atoms. The Kier molecular flexibility index (Phi) is 6.65. The Morgan fingerprint density at radius 3 is 2.75 bits per heavy atom. The molecule has 0 radical (unpaired) electrons. The molecule has 3 aromatic carbocycles. The molecule has 0 saturated heterocycles. The van der Waals surface area contributed by atoms with E-state index < -0.39 is 12.1 Å². The monoisotopic (exact) mass is 452 g/mol. The maximum atomic E-state index is 11.3. The molecule has 0 aliphatic heterocycles. The van der Waals surface area contributed by atoms with Crippen LogP contribution < -0.4 is 15.8 Å². The predicted octanol–water partition coefficient (Wildman–Crippen LogP) is 4.59. The van der Waals surface area contributed by atoms with Gasteiger partial charge in [0.05, 0.1) is 11.7 Å². The Hall–Kier alpha value is -3.06. The summed E-state index contributed by atoms with van der Waals surface area (Å²) in [7, 11) is 0. The van der Waals surface area contributed by atoms with E-state index in [1.165, 1.54) is 23.3 Å². The highest BCUT2D eigenvalue weighted by atomic mass is 35.5. The molecule has 6 nitrogen and oxygen atoms in total. The largest absolute Gasteiger partial charge is 0.478 e. The van der Waals surface area contributed by atoms with Crippen LogP contribution in [0, 0.1) is 0 Å². The van der Waals surface area contributed by atoms with Gasteiger partial charge in [0, 0.05) is 29.4 Å². The lowest BCUT2D eigenvalue weighted by atomic mass is 9.88. The second-order valence-corrected chi connectivity index (χ2v) is 8.48. The van der Waals surface area contributed by atoms with Crippen LogP contribution in [0.1, 0.15) is 39.6 Å². The van der Waals surface area contributed by atoms with Crippen LogP contribution >= 0.6 is 11.6 Å². The first-order valence-electron chi connectivity index (χ1n) is 10.5. The fourth-order valence-electron chi connectivity index (χ4n) is 4.02. The first kappa shape index (κ1) is 22.1. The van der Waals surface area contributed by atoms with E-state index in [1.54, 1.807) is 18.2 Å². The van der Waals surface area contributed by atoms with Gasteiger partial charge in [-0.3, -0.25) is 0 Å². The number of fused-ring (bicyclic) bond motifs is 1. The summed E-state index contributed by atoms with van der Waals surface area (Å²) in [6.07, 6.45) is 2.09. The summed E-state index contributed by atoms with van der Waals surface area (Å²) >= 11 is 6.02. The molecule has 0 heterocycles. The van der Waals surface area contributed by atoms with Gasteiger partial charge in [-0.25, -0.2) is 4.79 Å². The number of hydrogen-bond donors (Lipinski definition) is 4. The van der Waals surface area contributed by atoms with Gasteiger partial charge < -0.3 is 26.0 Å². The zero-order valence-electron chi connectivity index (χ0n) is 17.4. The Morgan fingerprint density at radius 2 is 1.97 bits per heavy atom. The normalized spacial score (nSPS) is 16.2. The van der Waals surface area contributed by atoms with E-state index in [0.717, 1.165) is 24.8 Å². The molecule has 32 heavy (non-hydrogen) atoms. The molecular weight excluding hydrogens is 428 g/mol. The lowest BCUT2D eigenvalue weighted by Crippen LogP contribution is -2.37. The highest BCUT2D eigenvalue weighted by Gasteiger charge is 2.20. The fourth-order valence-corrected chi connectivity index (χ4v) is 4.22. The van der Waals surface area contributed by atoms with Crippen molar-refractivity contribution in [2.75, 3.05) is 12.3 Å². The second-order valence-electron chi connectivity index (χ2n) is 8.05. The first-order chi connectivity index (χ1) is 15.4. The number of nitrogens with two attached hydrogens (primary N) is 1. The molecule has 2 atom stereocenters. The van der Waals surface area contributed by atoms with E-state index in [2.05, 4.69) is 5.32 Å². The minimum atomic E-state index is -1.05. The maximum absolute atomic E-state index is 11.3. The number of rotatable bonds is 7.